The van der Waals surface area contributed by atoms with Crippen molar-refractivity contribution in [1.82, 2.24) is 14.7 Å². The van der Waals surface area contributed by atoms with Crippen molar-refractivity contribution in [3.05, 3.63) is 41.1 Å². The minimum absolute atomic E-state index is 0.260. The minimum Gasteiger partial charge on any atom is -0.475 e. The molecule has 0 aromatic carbocycles. The van der Waals surface area contributed by atoms with E-state index in [9.17, 15) is 26.3 Å². The third kappa shape index (κ3) is 9.39. The lowest BCUT2D eigenvalue weighted by Crippen LogP contribution is -2.38. The fourth-order valence-corrected chi connectivity index (χ4v) is 3.60. The number of hydrogen-bond donors (Lipinski definition) is 2. The molecule has 0 amide bonds. The molecule has 0 saturated heterocycles. The molecular weight excluding hydrogens is 516 g/mol. The molecule has 1 unspecified atom stereocenters. The smallest absolute Gasteiger partial charge is 0.475 e. The van der Waals surface area contributed by atoms with Gasteiger partial charge in [0.05, 0.1) is 31.1 Å². The van der Waals surface area contributed by atoms with Crippen LogP contribution in [0, 0.1) is 12.8 Å². The molecule has 2 aromatic rings. The maximum Gasteiger partial charge on any atom is 0.490 e. The van der Waals surface area contributed by atoms with Crippen LogP contribution in [0.3, 0.4) is 0 Å². The van der Waals surface area contributed by atoms with Gasteiger partial charge >= 0.3 is 24.3 Å². The molecule has 0 spiro atoms. The van der Waals surface area contributed by atoms with Crippen molar-refractivity contribution in [2.24, 2.45) is 5.92 Å². The number of nitrogens with zero attached hydrogens (tertiary/aromatic N) is 3. The molecule has 4 rings (SSSR count). The van der Waals surface area contributed by atoms with Gasteiger partial charge in [0, 0.05) is 20.2 Å². The van der Waals surface area contributed by atoms with E-state index in [0.29, 0.717) is 6.61 Å². The Morgan fingerprint density at radius 1 is 1.11 bits per heavy atom. The van der Waals surface area contributed by atoms with Crippen molar-refractivity contribution in [3.8, 4) is 0 Å². The summed E-state index contributed by atoms with van der Waals surface area (Å²) >= 11 is 0. The zero-order chi connectivity index (χ0) is 28.0. The van der Waals surface area contributed by atoms with Crippen LogP contribution in [0.1, 0.15) is 41.7 Å². The predicted octanol–water partition coefficient (Wildman–Crippen LogP) is 4.21. The number of aryl methyl sites for hydroxylation is 1. The fourth-order valence-electron chi connectivity index (χ4n) is 3.60. The number of halogens is 6. The van der Waals surface area contributed by atoms with Crippen LogP contribution in [0.5, 0.6) is 0 Å². The molecule has 0 radical (unpaired) electrons. The molecule has 15 heteroatoms. The lowest BCUT2D eigenvalue weighted by Gasteiger charge is -2.35. The van der Waals surface area contributed by atoms with Gasteiger partial charge in [-0.05, 0) is 49.8 Å². The van der Waals surface area contributed by atoms with Crippen LogP contribution in [0.2, 0.25) is 0 Å². The summed E-state index contributed by atoms with van der Waals surface area (Å²) in [6, 6.07) is 4.37. The van der Waals surface area contributed by atoms with Crippen molar-refractivity contribution in [3.63, 3.8) is 0 Å². The molecule has 1 saturated carbocycles. The summed E-state index contributed by atoms with van der Waals surface area (Å²) in [7, 11) is 1.78. The van der Waals surface area contributed by atoms with E-state index < -0.39 is 24.3 Å². The maximum atomic E-state index is 10.6. The number of furan rings is 1. The van der Waals surface area contributed by atoms with Crippen LogP contribution in [-0.4, -0.2) is 69.4 Å². The first-order valence-corrected chi connectivity index (χ1v) is 11.1. The summed E-state index contributed by atoms with van der Waals surface area (Å²) in [5.41, 5.74) is 2.74. The van der Waals surface area contributed by atoms with Crippen LogP contribution in [0.15, 0.2) is 22.7 Å². The van der Waals surface area contributed by atoms with Gasteiger partial charge in [-0.3, -0.25) is 9.58 Å². The minimum atomic E-state index is -5.08. The normalized spacial score (nSPS) is 17.7. The molecule has 9 nitrogen and oxygen atoms in total. The summed E-state index contributed by atoms with van der Waals surface area (Å²) < 4.78 is 77.0. The number of alkyl halides is 6. The Morgan fingerprint density at radius 3 is 2.11 bits per heavy atom. The number of hydrogen-bond acceptors (Lipinski definition) is 6. The second kappa shape index (κ2) is 12.4. The highest BCUT2D eigenvalue weighted by Gasteiger charge is 2.39. The highest BCUT2D eigenvalue weighted by Crippen LogP contribution is 2.35. The molecule has 2 aromatic heterocycles. The maximum absolute atomic E-state index is 10.6. The Balaban J connectivity index is 0.000000286. The zero-order valence-corrected chi connectivity index (χ0v) is 20.0. The molecule has 208 valence electrons. The first-order chi connectivity index (χ1) is 17.1. The van der Waals surface area contributed by atoms with E-state index in [4.69, 9.17) is 29.0 Å². The average Bonchev–Trinajstić information content (AvgIpc) is 3.36. The van der Waals surface area contributed by atoms with E-state index in [-0.39, 0.29) is 6.04 Å². The van der Waals surface area contributed by atoms with Gasteiger partial charge in [-0.1, -0.05) is 0 Å². The summed E-state index contributed by atoms with van der Waals surface area (Å²) in [6.45, 7) is 5.60. The van der Waals surface area contributed by atoms with Crippen LogP contribution < -0.4 is 0 Å². The van der Waals surface area contributed by atoms with Crippen molar-refractivity contribution < 1.29 is 55.3 Å². The van der Waals surface area contributed by atoms with Crippen LogP contribution in [0.25, 0.3) is 0 Å². The lowest BCUT2D eigenvalue weighted by atomic mass is 10.00. The number of carbonyl (C=O) groups is 2. The molecule has 37 heavy (non-hydrogen) atoms. The third-order valence-electron chi connectivity index (χ3n) is 5.48. The van der Waals surface area contributed by atoms with E-state index >= 15 is 0 Å². The van der Waals surface area contributed by atoms with E-state index in [0.717, 1.165) is 43.5 Å². The summed E-state index contributed by atoms with van der Waals surface area (Å²) in [5.74, 6) is -2.69. The van der Waals surface area contributed by atoms with E-state index in [1.165, 1.54) is 24.1 Å². The summed E-state index contributed by atoms with van der Waals surface area (Å²) in [5, 5.41) is 18.9. The van der Waals surface area contributed by atoms with Crippen molar-refractivity contribution in [2.45, 2.75) is 57.7 Å². The van der Waals surface area contributed by atoms with Gasteiger partial charge in [0.15, 0.2) is 0 Å². The average molecular weight is 543 g/mol. The van der Waals surface area contributed by atoms with Crippen LogP contribution in [0.4, 0.5) is 26.3 Å². The molecule has 1 aliphatic heterocycles. The Morgan fingerprint density at radius 2 is 1.68 bits per heavy atom. The number of aliphatic carboxylic acids is 2. The van der Waals surface area contributed by atoms with Gasteiger partial charge in [-0.15, -0.1) is 0 Å². The first kappa shape index (κ1) is 30.2. The lowest BCUT2D eigenvalue weighted by molar-refractivity contribution is -0.193. The quantitative estimate of drug-likeness (QED) is 0.521. The van der Waals surface area contributed by atoms with Gasteiger partial charge in [-0.25, -0.2) is 9.59 Å². The van der Waals surface area contributed by atoms with Crippen molar-refractivity contribution >= 4 is 11.9 Å². The van der Waals surface area contributed by atoms with E-state index in [1.807, 2.05) is 13.0 Å². The van der Waals surface area contributed by atoms with Gasteiger partial charge in [0.2, 0.25) is 0 Å². The van der Waals surface area contributed by atoms with Crippen LogP contribution in [-0.2, 0) is 33.8 Å². The van der Waals surface area contributed by atoms with Gasteiger partial charge in [0.25, 0.3) is 0 Å². The Kier molecular flexibility index (Phi) is 10.1. The molecule has 3 heterocycles. The molecule has 2 aliphatic rings. The molecular formula is C22H27F6N3O6. The zero-order valence-electron chi connectivity index (χ0n) is 20.0. The number of ether oxygens (including phenoxy) is 1. The fraction of sp³-hybridized carbons (Fsp3) is 0.591. The summed E-state index contributed by atoms with van der Waals surface area (Å²) in [6.07, 6.45) is -4.35. The van der Waals surface area contributed by atoms with Gasteiger partial charge in [0.1, 0.15) is 11.5 Å². The van der Waals surface area contributed by atoms with E-state index in [1.54, 1.807) is 7.11 Å². The number of rotatable bonds is 6. The highest BCUT2D eigenvalue weighted by atomic mass is 19.4. The first-order valence-electron chi connectivity index (χ1n) is 11.1. The highest BCUT2D eigenvalue weighted by molar-refractivity contribution is 5.73. The second-order valence-corrected chi connectivity index (χ2v) is 8.49. The Hall–Kier alpha value is -3.07. The summed E-state index contributed by atoms with van der Waals surface area (Å²) in [4.78, 5) is 20.3. The molecule has 0 bridgehead atoms. The number of carboxylic acid groups (broad SMARTS) is 2. The largest absolute Gasteiger partial charge is 0.490 e. The number of aromatic nitrogens is 2. The topological polar surface area (TPSA) is 118 Å². The molecule has 1 aliphatic carbocycles. The van der Waals surface area contributed by atoms with Crippen LogP contribution >= 0.6 is 0 Å². The monoisotopic (exact) mass is 543 g/mol. The standard InChI is InChI=1S/C18H25N3O2.2C2HF3O2/c1-13-3-6-16(23-13)11-20-8-7-15-9-19-21(10-14-4-5-14)18(15)17(20)12-22-2;2*3-2(4,5)1(6)7/h3,6,9,14,17H,4-5,7-8,10-12H2,1-2H3;2*(H,6,7). The predicted molar refractivity (Wildman–Crippen MR) is 115 cm³/mol. The molecule has 1 fully saturated rings. The Labute approximate surface area is 207 Å². The Bertz CT molecular complexity index is 1020. The SMILES string of the molecule is COCC1c2c(cnn2CC2CC2)CCN1Cc1ccc(C)o1.O=C(O)C(F)(F)F.O=C(O)C(F)(F)F. The van der Waals surface area contributed by atoms with Gasteiger partial charge in [-0.2, -0.15) is 31.4 Å². The number of fused-ring (bicyclic) bond motifs is 1. The number of carboxylic acids is 2. The molecule has 1 atom stereocenters. The van der Waals surface area contributed by atoms with E-state index in [2.05, 4.69) is 26.9 Å². The van der Waals surface area contributed by atoms with Gasteiger partial charge < -0.3 is 19.4 Å². The number of methoxy groups -OCH3 is 1. The third-order valence-corrected chi connectivity index (χ3v) is 5.48. The van der Waals surface area contributed by atoms with Crippen molar-refractivity contribution in [1.29, 1.82) is 0 Å². The molecule has 2 N–H and O–H groups in total. The van der Waals surface area contributed by atoms with Crippen molar-refractivity contribution in [2.75, 3.05) is 20.3 Å². The second-order valence-electron chi connectivity index (χ2n) is 8.49.